The van der Waals surface area contributed by atoms with E-state index in [9.17, 15) is 4.79 Å². The van der Waals surface area contributed by atoms with Gasteiger partial charge in [-0.15, -0.1) is 5.10 Å². The van der Waals surface area contributed by atoms with Crippen LogP contribution in [0.15, 0.2) is 35.8 Å². The van der Waals surface area contributed by atoms with Crippen LogP contribution in [0.5, 0.6) is 0 Å². The van der Waals surface area contributed by atoms with Crippen LogP contribution in [0.25, 0.3) is 11.5 Å². The molecule has 1 fully saturated rings. The Morgan fingerprint density at radius 3 is 2.65 bits per heavy atom. The molecule has 136 valence electrons. The second-order valence-electron chi connectivity index (χ2n) is 6.56. The number of nitrogens with one attached hydrogen (secondary N) is 1. The summed E-state index contributed by atoms with van der Waals surface area (Å²) >= 11 is 0. The first-order valence-electron chi connectivity index (χ1n) is 8.54. The van der Waals surface area contributed by atoms with Crippen molar-refractivity contribution in [2.45, 2.75) is 18.9 Å². The number of nitrogens with zero attached hydrogens (tertiary/aromatic N) is 8. The fourth-order valence-corrected chi connectivity index (χ4v) is 3.28. The molecule has 4 heterocycles. The lowest BCUT2D eigenvalue weighted by atomic mass is 10.0. The normalized spacial score (nSPS) is 15.7. The number of anilines is 1. The fraction of sp³-hybridized carbons (Fsp3) is 0.438. The number of rotatable bonds is 4. The molecule has 0 radical (unpaired) electrons. The Morgan fingerprint density at radius 1 is 1.19 bits per heavy atom. The summed E-state index contributed by atoms with van der Waals surface area (Å²) in [7, 11) is 4.24. The van der Waals surface area contributed by atoms with Gasteiger partial charge >= 0.3 is 0 Å². The summed E-state index contributed by atoms with van der Waals surface area (Å²) in [5.41, 5.74) is 0.140. The van der Waals surface area contributed by atoms with Crippen LogP contribution in [0.3, 0.4) is 0 Å². The van der Waals surface area contributed by atoms with E-state index in [0.717, 1.165) is 31.7 Å². The van der Waals surface area contributed by atoms with E-state index in [0.29, 0.717) is 17.5 Å². The van der Waals surface area contributed by atoms with Crippen molar-refractivity contribution in [1.29, 1.82) is 0 Å². The summed E-state index contributed by atoms with van der Waals surface area (Å²) < 4.78 is 2.80. The Labute approximate surface area is 150 Å². The molecule has 1 N–H and O–H groups in total. The van der Waals surface area contributed by atoms with E-state index in [1.54, 1.807) is 12.4 Å². The first-order valence-corrected chi connectivity index (χ1v) is 8.54. The molecule has 1 saturated heterocycles. The predicted octanol–water partition coefficient (Wildman–Crippen LogP) is 0.0667. The van der Waals surface area contributed by atoms with Gasteiger partial charge < -0.3 is 9.80 Å². The van der Waals surface area contributed by atoms with Gasteiger partial charge in [0.15, 0.2) is 11.5 Å². The molecule has 0 atom stereocenters. The van der Waals surface area contributed by atoms with E-state index in [1.165, 1.54) is 21.9 Å². The van der Waals surface area contributed by atoms with Gasteiger partial charge in [-0.25, -0.2) is 14.6 Å². The monoisotopic (exact) mass is 355 g/mol. The van der Waals surface area contributed by atoms with E-state index in [-0.39, 0.29) is 5.56 Å². The Morgan fingerprint density at radius 2 is 1.96 bits per heavy atom. The Balaban J connectivity index is 1.58. The number of piperidine rings is 1. The lowest BCUT2D eigenvalue weighted by Gasteiger charge is -2.35. The minimum Gasteiger partial charge on any atom is -0.356 e. The molecule has 1 aliphatic rings. The van der Waals surface area contributed by atoms with E-state index < -0.39 is 0 Å². The van der Waals surface area contributed by atoms with Gasteiger partial charge in [0.25, 0.3) is 5.56 Å². The third-order valence-electron chi connectivity index (χ3n) is 4.81. The van der Waals surface area contributed by atoms with E-state index in [1.807, 2.05) is 6.07 Å². The van der Waals surface area contributed by atoms with Crippen molar-refractivity contribution in [3.63, 3.8) is 0 Å². The first-order chi connectivity index (χ1) is 12.6. The maximum Gasteiger partial charge on any atom is 0.298 e. The molecule has 0 amide bonds. The maximum atomic E-state index is 12.6. The van der Waals surface area contributed by atoms with Crippen molar-refractivity contribution < 1.29 is 0 Å². The number of hydrogen-bond acceptors (Lipinski definition) is 7. The van der Waals surface area contributed by atoms with Gasteiger partial charge in [0.2, 0.25) is 0 Å². The molecule has 0 spiro atoms. The molecule has 3 aromatic heterocycles. The zero-order valence-corrected chi connectivity index (χ0v) is 14.8. The highest BCUT2D eigenvalue weighted by molar-refractivity contribution is 5.44. The van der Waals surface area contributed by atoms with Gasteiger partial charge in [0.05, 0.1) is 18.6 Å². The van der Waals surface area contributed by atoms with Gasteiger partial charge in [0, 0.05) is 25.2 Å². The molecule has 26 heavy (non-hydrogen) atoms. The van der Waals surface area contributed by atoms with Crippen LogP contribution in [0.1, 0.15) is 12.8 Å². The summed E-state index contributed by atoms with van der Waals surface area (Å²) in [5, 5.41) is 10.5. The van der Waals surface area contributed by atoms with Crippen LogP contribution in [0.2, 0.25) is 0 Å². The summed E-state index contributed by atoms with van der Waals surface area (Å²) in [6.45, 7) is 1.87. The molecule has 1 aliphatic heterocycles. The van der Waals surface area contributed by atoms with E-state index >= 15 is 0 Å². The Kier molecular flexibility index (Phi) is 4.25. The minimum atomic E-state index is -0.244. The van der Waals surface area contributed by atoms with Gasteiger partial charge in [0.1, 0.15) is 12.1 Å². The van der Waals surface area contributed by atoms with Gasteiger partial charge in [-0.1, -0.05) is 5.21 Å². The standard InChI is InChI=1S/C16H21N9O/c1-22(2)12-3-6-23(7-4-12)14-9-15(18-11-17-14)25-16(26)13(10-20-25)24-8-5-19-21-24/h5,8-12,20H,3-4,6-7H2,1-2H3. The van der Waals surface area contributed by atoms with Crippen LogP contribution in [-0.4, -0.2) is 72.9 Å². The number of H-pyrrole nitrogens is 1. The number of aromatic nitrogens is 7. The van der Waals surface area contributed by atoms with Crippen LogP contribution in [0.4, 0.5) is 5.82 Å². The topological polar surface area (TPSA) is 101 Å². The molecule has 0 bridgehead atoms. The molecule has 10 heteroatoms. The molecule has 0 saturated carbocycles. The third kappa shape index (κ3) is 2.99. The zero-order chi connectivity index (χ0) is 18.1. The molecular weight excluding hydrogens is 334 g/mol. The van der Waals surface area contributed by atoms with Crippen molar-refractivity contribution in [2.24, 2.45) is 0 Å². The van der Waals surface area contributed by atoms with Crippen molar-refractivity contribution in [2.75, 3.05) is 32.1 Å². The quantitative estimate of drug-likeness (QED) is 0.706. The summed E-state index contributed by atoms with van der Waals surface area (Å²) in [5.74, 6) is 1.33. The van der Waals surface area contributed by atoms with Crippen molar-refractivity contribution in [3.05, 3.63) is 41.3 Å². The lowest BCUT2D eigenvalue weighted by Crippen LogP contribution is -2.42. The largest absolute Gasteiger partial charge is 0.356 e. The van der Waals surface area contributed by atoms with E-state index in [2.05, 4.69) is 49.3 Å². The number of aromatic amines is 1. The van der Waals surface area contributed by atoms with Crippen molar-refractivity contribution >= 4 is 5.82 Å². The fourth-order valence-electron chi connectivity index (χ4n) is 3.28. The first kappa shape index (κ1) is 16.5. The highest BCUT2D eigenvalue weighted by Gasteiger charge is 2.22. The molecule has 0 aromatic carbocycles. The minimum absolute atomic E-state index is 0.244. The van der Waals surface area contributed by atoms with Crippen LogP contribution in [-0.2, 0) is 0 Å². The molecule has 3 aromatic rings. The Bertz CT molecular complexity index is 919. The van der Waals surface area contributed by atoms with Gasteiger partial charge in [-0.05, 0) is 26.9 Å². The maximum absolute atomic E-state index is 12.6. The SMILES string of the molecule is CN(C)C1CCN(c2cc(-n3[nH]cc(-n4ccnn4)c3=O)ncn2)CC1. The second-order valence-corrected chi connectivity index (χ2v) is 6.56. The molecule has 10 nitrogen and oxygen atoms in total. The summed E-state index contributed by atoms with van der Waals surface area (Å²) in [4.78, 5) is 25.8. The molecule has 4 rings (SSSR count). The van der Waals surface area contributed by atoms with Crippen LogP contribution < -0.4 is 10.5 Å². The van der Waals surface area contributed by atoms with Crippen LogP contribution in [0, 0.1) is 0 Å². The predicted molar refractivity (Wildman–Crippen MR) is 95.8 cm³/mol. The molecular formula is C16H21N9O. The third-order valence-corrected chi connectivity index (χ3v) is 4.81. The highest BCUT2D eigenvalue weighted by atomic mass is 16.1. The van der Waals surface area contributed by atoms with Crippen LogP contribution >= 0.6 is 0 Å². The van der Waals surface area contributed by atoms with Gasteiger partial charge in [-0.3, -0.25) is 9.89 Å². The summed E-state index contributed by atoms with van der Waals surface area (Å²) in [6, 6.07) is 2.43. The second kappa shape index (κ2) is 6.71. The average molecular weight is 355 g/mol. The highest BCUT2D eigenvalue weighted by Crippen LogP contribution is 2.20. The van der Waals surface area contributed by atoms with Crippen molar-refractivity contribution in [1.82, 2.24) is 39.6 Å². The summed E-state index contributed by atoms with van der Waals surface area (Å²) in [6.07, 6.45) is 8.40. The zero-order valence-electron chi connectivity index (χ0n) is 14.8. The average Bonchev–Trinajstić information content (AvgIpc) is 3.31. The van der Waals surface area contributed by atoms with Gasteiger partial charge in [-0.2, -0.15) is 4.68 Å². The smallest absolute Gasteiger partial charge is 0.298 e. The molecule has 0 aliphatic carbocycles. The Hall–Kier alpha value is -3.01. The number of hydrogen-bond donors (Lipinski definition) is 1. The molecule has 0 unspecified atom stereocenters. The van der Waals surface area contributed by atoms with Crippen molar-refractivity contribution in [3.8, 4) is 11.5 Å². The van der Waals surface area contributed by atoms with E-state index in [4.69, 9.17) is 0 Å². The lowest BCUT2D eigenvalue weighted by molar-refractivity contribution is 0.249.